The molecule has 5 fully saturated rings. The number of esters is 4. The van der Waals surface area contributed by atoms with Gasteiger partial charge in [0.05, 0.1) is 30.5 Å². The molecule has 1 aromatic rings. The minimum absolute atomic E-state index is 0.0115. The van der Waals surface area contributed by atoms with Gasteiger partial charge in [-0.15, -0.1) is 0 Å². The summed E-state index contributed by atoms with van der Waals surface area (Å²) < 4.78 is 76.1. The second-order valence-corrected chi connectivity index (χ2v) is 27.0. The molecule has 0 radical (unpaired) electrons. The van der Waals surface area contributed by atoms with Crippen molar-refractivity contribution in [2.75, 3.05) is 0 Å². The number of aliphatic hydroxyl groups is 5. The maximum Gasteiger partial charge on any atom is 0.331 e. The molecule has 0 unspecified atom stereocenters. The lowest BCUT2D eigenvalue weighted by Gasteiger charge is -2.49. The summed E-state index contributed by atoms with van der Waals surface area (Å²) in [5.41, 5.74) is 0.694. The Morgan fingerprint density at radius 2 is 0.915 bits per heavy atom. The van der Waals surface area contributed by atoms with Gasteiger partial charge in [-0.25, -0.2) is 4.79 Å². The summed E-state index contributed by atoms with van der Waals surface area (Å²) in [7, 11) is 0. The van der Waals surface area contributed by atoms with Gasteiger partial charge in [-0.3, -0.25) is 14.4 Å². The zero-order valence-corrected chi connectivity index (χ0v) is 57.8. The van der Waals surface area contributed by atoms with Gasteiger partial charge in [-0.05, 0) is 71.4 Å². The SMILES string of the molecule is CCCCCCCCCCCC(=O)O[C@@H]1[C@@H](O)[C@@H](OC(=O)/C=C/c2ccccc2)[C@H](O[C@@H]2[C@@H](O)[C@@H](OC(=O)CCCCCCCCCCC)[C@H](O[C@@H]3[C@@H](O)[C@H]4OC(=O)CCCCCCCCC[C@H](CCCCC)O[C@@H]5O[C@H](C)[C@H](O)[C@H](O)[C@H]5O[C@@H]4O[C@H]3C)O[C@H]2C)O[C@H]1C. The molecule has 21 atom stereocenters. The standard InChI is InChI=1S/C73H120O21/c1-8-11-14-16-18-20-24-28-36-43-54(74)88-63-49(5)84-71(67(60(63)80)91-57(77)47-46-52-39-33-31-34-40-52)92-64-50(6)85-72(68(61(64)81)89-55(75)44-37-29-25-21-19-17-15-12-9-2)93-65-51(7)86-73-69(62(65)82)90-56(76)45-38-30-26-22-23-27-35-42-53(41-32-13-10-3)87-70-66(94-73)59(79)58(78)48(4)83-70/h31,33-34,39-40,46-51,53,58-73,78-82H,8-30,32,35-38,41-45H2,1-7H3/b47-46+/t48-,49+,50+,51+,53+,58+,59+,60-,61-,62-,63+,64+,65+,66-,67-,68-,69-,70+,71+,72+,73+/m1/s1. The van der Waals surface area contributed by atoms with Gasteiger partial charge in [-0.1, -0.05) is 212 Å². The van der Waals surface area contributed by atoms with Crippen molar-refractivity contribution in [2.24, 2.45) is 0 Å². The second kappa shape index (κ2) is 43.7. The molecule has 21 nitrogen and oxygen atoms in total. The smallest absolute Gasteiger partial charge is 0.331 e. The van der Waals surface area contributed by atoms with Crippen molar-refractivity contribution in [2.45, 2.75) is 389 Å². The minimum atomic E-state index is -1.79. The summed E-state index contributed by atoms with van der Waals surface area (Å²) in [6.45, 7) is 12.8. The number of fused-ring (bicyclic) bond motifs is 2. The predicted molar refractivity (Wildman–Crippen MR) is 351 cm³/mol. The molecule has 0 aromatic heterocycles. The van der Waals surface area contributed by atoms with E-state index < -0.39 is 147 Å². The Morgan fingerprint density at radius 1 is 0.457 bits per heavy atom. The zero-order chi connectivity index (χ0) is 67.8. The first-order valence-electron chi connectivity index (χ1n) is 36.6. The van der Waals surface area contributed by atoms with E-state index in [9.17, 15) is 44.7 Å². The fraction of sp³-hybridized carbons (Fsp3) is 0.836. The van der Waals surface area contributed by atoms with Crippen LogP contribution in [0, 0.1) is 0 Å². The molecule has 0 spiro atoms. The molecular weight excluding hydrogens is 1210 g/mol. The molecule has 0 amide bonds. The lowest BCUT2D eigenvalue weighted by molar-refractivity contribution is -0.387. The Morgan fingerprint density at radius 3 is 1.50 bits per heavy atom. The van der Waals surface area contributed by atoms with E-state index in [0.717, 1.165) is 135 Å². The highest BCUT2D eigenvalue weighted by atomic mass is 16.8. The maximum atomic E-state index is 14.1. The molecular formula is C73H120O21. The highest BCUT2D eigenvalue weighted by Crippen LogP contribution is 2.38. The van der Waals surface area contributed by atoms with Crippen LogP contribution in [0.2, 0.25) is 0 Å². The average molecular weight is 1330 g/mol. The van der Waals surface area contributed by atoms with Crippen LogP contribution in [0.1, 0.15) is 266 Å². The Kier molecular flexibility index (Phi) is 36.8. The number of hydrogen-bond donors (Lipinski definition) is 5. The van der Waals surface area contributed by atoms with Crippen molar-refractivity contribution in [3.63, 3.8) is 0 Å². The van der Waals surface area contributed by atoms with E-state index in [2.05, 4.69) is 20.8 Å². The van der Waals surface area contributed by atoms with E-state index in [1.807, 2.05) is 6.07 Å². The molecule has 5 heterocycles. The van der Waals surface area contributed by atoms with Crippen LogP contribution in [0.25, 0.3) is 6.08 Å². The molecule has 5 aliphatic heterocycles. The molecule has 6 rings (SSSR count). The van der Waals surface area contributed by atoms with Crippen molar-refractivity contribution >= 4 is 30.0 Å². The average Bonchev–Trinajstić information content (AvgIpc) is 0.779. The van der Waals surface area contributed by atoms with Crippen molar-refractivity contribution in [3.8, 4) is 0 Å². The number of unbranched alkanes of at least 4 members (excludes halogenated alkanes) is 18. The highest BCUT2D eigenvalue weighted by molar-refractivity contribution is 5.87. The molecule has 5 N–H and O–H groups in total. The second-order valence-electron chi connectivity index (χ2n) is 27.0. The normalized spacial score (nSPS) is 34.1. The summed E-state index contributed by atoms with van der Waals surface area (Å²) in [6, 6.07) is 9.02. The number of rotatable bonds is 33. The van der Waals surface area contributed by atoms with Crippen LogP contribution >= 0.6 is 0 Å². The first-order valence-corrected chi connectivity index (χ1v) is 36.6. The quantitative estimate of drug-likeness (QED) is 0.0189. The Bertz CT molecular complexity index is 2290. The zero-order valence-electron chi connectivity index (χ0n) is 57.8. The van der Waals surface area contributed by atoms with Gasteiger partial charge in [0.25, 0.3) is 0 Å². The molecule has 21 heteroatoms. The Balaban J connectivity index is 1.25. The first kappa shape index (κ1) is 79.3. The number of carbonyl (C=O) groups is 4. The third-order valence-electron chi connectivity index (χ3n) is 19.0. The fourth-order valence-corrected chi connectivity index (χ4v) is 13.3. The van der Waals surface area contributed by atoms with Gasteiger partial charge < -0.3 is 82.4 Å². The van der Waals surface area contributed by atoms with Crippen molar-refractivity contribution in [3.05, 3.63) is 42.0 Å². The summed E-state index contributed by atoms with van der Waals surface area (Å²) in [4.78, 5) is 55.0. The summed E-state index contributed by atoms with van der Waals surface area (Å²) >= 11 is 0. The van der Waals surface area contributed by atoms with Crippen LogP contribution in [0.15, 0.2) is 36.4 Å². The van der Waals surface area contributed by atoms with Crippen LogP contribution in [0.5, 0.6) is 0 Å². The number of hydrogen-bond acceptors (Lipinski definition) is 21. The molecule has 538 valence electrons. The topological polar surface area (TPSA) is 280 Å². The molecule has 0 aliphatic carbocycles. The summed E-state index contributed by atoms with van der Waals surface area (Å²) in [5.74, 6) is -2.79. The summed E-state index contributed by atoms with van der Waals surface area (Å²) in [5, 5.41) is 60.4. The Labute approximate surface area is 560 Å². The van der Waals surface area contributed by atoms with Crippen LogP contribution in [0.4, 0.5) is 0 Å². The fourth-order valence-electron chi connectivity index (χ4n) is 13.3. The van der Waals surface area contributed by atoms with E-state index in [-0.39, 0.29) is 25.4 Å². The molecule has 94 heavy (non-hydrogen) atoms. The van der Waals surface area contributed by atoms with E-state index in [4.69, 9.17) is 56.8 Å². The lowest BCUT2D eigenvalue weighted by Crippen LogP contribution is -2.67. The van der Waals surface area contributed by atoms with E-state index in [1.165, 1.54) is 50.7 Å². The molecule has 1 aromatic carbocycles. The van der Waals surface area contributed by atoms with E-state index in [0.29, 0.717) is 24.8 Å². The third-order valence-corrected chi connectivity index (χ3v) is 19.0. The van der Waals surface area contributed by atoms with Gasteiger partial charge in [0, 0.05) is 25.3 Å². The number of benzene rings is 1. The van der Waals surface area contributed by atoms with Crippen LogP contribution in [0.3, 0.4) is 0 Å². The van der Waals surface area contributed by atoms with Crippen molar-refractivity contribution in [1.82, 2.24) is 0 Å². The maximum absolute atomic E-state index is 14.1. The Hall–Kier alpha value is -3.68. The number of carbonyl (C=O) groups excluding carboxylic acids is 4. The van der Waals surface area contributed by atoms with Gasteiger partial charge >= 0.3 is 23.9 Å². The van der Waals surface area contributed by atoms with Crippen molar-refractivity contribution < 1.29 is 102 Å². The first-order chi connectivity index (χ1) is 45.4. The third kappa shape index (κ3) is 26.2. The molecule has 5 saturated heterocycles. The number of aliphatic hydroxyl groups excluding tert-OH is 5. The monoisotopic (exact) mass is 1330 g/mol. The van der Waals surface area contributed by atoms with Gasteiger partial charge in [0.15, 0.2) is 49.6 Å². The largest absolute Gasteiger partial charge is 0.457 e. The highest BCUT2D eigenvalue weighted by Gasteiger charge is 2.57. The number of ether oxygens (including phenoxy) is 12. The molecule has 0 bridgehead atoms. The van der Waals surface area contributed by atoms with E-state index in [1.54, 1.807) is 52.0 Å². The van der Waals surface area contributed by atoms with Crippen LogP contribution in [-0.2, 0) is 76.0 Å². The van der Waals surface area contributed by atoms with Gasteiger partial charge in [0.2, 0.25) is 0 Å². The molecule has 5 aliphatic rings. The lowest BCUT2D eigenvalue weighted by atomic mass is 9.95. The summed E-state index contributed by atoms with van der Waals surface area (Å²) in [6.07, 6.45) is 2.60. The van der Waals surface area contributed by atoms with Crippen LogP contribution in [-0.4, -0.2) is 178 Å². The van der Waals surface area contributed by atoms with Crippen LogP contribution < -0.4 is 0 Å². The van der Waals surface area contributed by atoms with Gasteiger partial charge in [0.1, 0.15) is 48.8 Å². The minimum Gasteiger partial charge on any atom is -0.457 e. The van der Waals surface area contributed by atoms with E-state index >= 15 is 0 Å². The molecule has 0 saturated carbocycles. The predicted octanol–water partition coefficient (Wildman–Crippen LogP) is 11.6. The van der Waals surface area contributed by atoms with Crippen molar-refractivity contribution in [1.29, 1.82) is 0 Å². The van der Waals surface area contributed by atoms with Gasteiger partial charge in [-0.2, -0.15) is 0 Å².